The molecule has 0 aromatic carbocycles. The van der Waals surface area contributed by atoms with Gasteiger partial charge >= 0.3 is 0 Å². The first-order valence-electron chi connectivity index (χ1n) is 5.05. The molecule has 2 rings (SSSR count). The second-order valence-corrected chi connectivity index (χ2v) is 5.12. The first kappa shape index (κ1) is 11.0. The number of hydrogen-bond acceptors (Lipinski definition) is 5. The molecule has 2 heterocycles. The van der Waals surface area contributed by atoms with Crippen molar-refractivity contribution < 1.29 is 9.84 Å². The number of aliphatic hydroxyl groups is 1. The van der Waals surface area contributed by atoms with Crippen LogP contribution >= 0.6 is 11.3 Å². The number of aromatic nitrogens is 1. The molecule has 0 radical (unpaired) electrons. The van der Waals surface area contributed by atoms with Crippen molar-refractivity contribution >= 4 is 11.3 Å². The third-order valence-corrected chi connectivity index (χ3v) is 3.77. The lowest BCUT2D eigenvalue weighted by Crippen LogP contribution is -2.24. The minimum absolute atomic E-state index is 0.544. The summed E-state index contributed by atoms with van der Waals surface area (Å²) in [7, 11) is 1.48. The smallest absolute Gasteiger partial charge is 0.208 e. The van der Waals surface area contributed by atoms with Crippen LogP contribution in [0.1, 0.15) is 35.7 Å². The van der Waals surface area contributed by atoms with Gasteiger partial charge in [-0.3, -0.25) is 4.90 Å². The Balaban J connectivity index is 2.12. The van der Waals surface area contributed by atoms with Crippen LogP contribution in [0.4, 0.5) is 0 Å². The Labute approximate surface area is 93.5 Å². The van der Waals surface area contributed by atoms with Gasteiger partial charge in [0.25, 0.3) is 0 Å². The lowest BCUT2D eigenvalue weighted by molar-refractivity contribution is -0.0771. The topological polar surface area (TPSA) is 45.6 Å². The molecule has 4 nitrogen and oxygen atoms in total. The maximum Gasteiger partial charge on any atom is 0.208 e. The zero-order chi connectivity index (χ0) is 11.0. The Morgan fingerprint density at radius 2 is 2.20 bits per heavy atom. The van der Waals surface area contributed by atoms with Gasteiger partial charge in [-0.1, -0.05) is 0 Å². The standard InChI is InChI=1S/C10H16N2O2S/c1-6(2)12-4-7-8(5-12)15-9(11-7)10(13)14-3/h6,10,13H,4-5H2,1-3H3. The van der Waals surface area contributed by atoms with E-state index in [0.29, 0.717) is 11.0 Å². The highest BCUT2D eigenvalue weighted by Gasteiger charge is 2.26. The highest BCUT2D eigenvalue weighted by molar-refractivity contribution is 7.11. The molecule has 5 heteroatoms. The minimum atomic E-state index is -0.868. The summed E-state index contributed by atoms with van der Waals surface area (Å²) in [5.41, 5.74) is 1.10. The van der Waals surface area contributed by atoms with E-state index in [9.17, 15) is 5.11 Å². The van der Waals surface area contributed by atoms with Crippen LogP contribution in [0.2, 0.25) is 0 Å². The lowest BCUT2D eigenvalue weighted by atomic mass is 10.3. The van der Waals surface area contributed by atoms with Gasteiger partial charge in [0, 0.05) is 31.1 Å². The summed E-state index contributed by atoms with van der Waals surface area (Å²) in [6.45, 7) is 6.20. The molecule has 15 heavy (non-hydrogen) atoms. The first-order valence-corrected chi connectivity index (χ1v) is 5.87. The predicted molar refractivity (Wildman–Crippen MR) is 58.5 cm³/mol. The van der Waals surface area contributed by atoms with E-state index in [1.165, 1.54) is 12.0 Å². The van der Waals surface area contributed by atoms with Crippen LogP contribution in [0.5, 0.6) is 0 Å². The van der Waals surface area contributed by atoms with Crippen LogP contribution in [0.3, 0.4) is 0 Å². The number of ether oxygens (including phenoxy) is 1. The van der Waals surface area contributed by atoms with Crippen LogP contribution in [-0.2, 0) is 17.8 Å². The highest BCUT2D eigenvalue weighted by atomic mass is 32.1. The second kappa shape index (κ2) is 4.17. The third-order valence-electron chi connectivity index (χ3n) is 2.66. The summed E-state index contributed by atoms with van der Waals surface area (Å²) in [6.07, 6.45) is -0.868. The Morgan fingerprint density at radius 3 is 2.73 bits per heavy atom. The number of hydrogen-bond donors (Lipinski definition) is 1. The molecule has 1 aliphatic rings. The van der Waals surface area contributed by atoms with Gasteiger partial charge < -0.3 is 9.84 Å². The van der Waals surface area contributed by atoms with Gasteiger partial charge in [-0.15, -0.1) is 11.3 Å². The predicted octanol–water partition coefficient (Wildman–Crippen LogP) is 1.50. The molecule has 1 aliphatic heterocycles. The van der Waals surface area contributed by atoms with Crippen LogP contribution in [0.25, 0.3) is 0 Å². The summed E-state index contributed by atoms with van der Waals surface area (Å²) < 4.78 is 4.84. The highest BCUT2D eigenvalue weighted by Crippen LogP contribution is 2.31. The molecule has 0 saturated heterocycles. The molecule has 0 spiro atoms. The summed E-state index contributed by atoms with van der Waals surface area (Å²) >= 11 is 1.55. The molecule has 1 aromatic rings. The molecule has 0 bridgehead atoms. The zero-order valence-electron chi connectivity index (χ0n) is 9.23. The fourth-order valence-corrected chi connectivity index (χ4v) is 2.72. The largest absolute Gasteiger partial charge is 0.362 e. The quantitative estimate of drug-likeness (QED) is 0.796. The normalized spacial score (nSPS) is 18.5. The van der Waals surface area contributed by atoms with Gasteiger partial charge in [-0.25, -0.2) is 4.98 Å². The molecule has 1 aromatic heterocycles. The SMILES string of the molecule is COC(O)c1nc2c(s1)CN(C(C)C)C2. The number of rotatable bonds is 3. The minimum Gasteiger partial charge on any atom is -0.362 e. The van der Waals surface area contributed by atoms with Crippen molar-refractivity contribution in [1.82, 2.24) is 9.88 Å². The van der Waals surface area contributed by atoms with Crippen molar-refractivity contribution in [3.8, 4) is 0 Å². The van der Waals surface area contributed by atoms with E-state index < -0.39 is 6.29 Å². The van der Waals surface area contributed by atoms with E-state index in [2.05, 4.69) is 23.7 Å². The fraction of sp³-hybridized carbons (Fsp3) is 0.700. The molecule has 0 aliphatic carbocycles. The van der Waals surface area contributed by atoms with Gasteiger partial charge in [-0.2, -0.15) is 0 Å². The summed E-state index contributed by atoms with van der Waals surface area (Å²) in [6, 6.07) is 0.544. The fourth-order valence-electron chi connectivity index (χ4n) is 1.65. The van der Waals surface area contributed by atoms with Gasteiger partial charge in [0.2, 0.25) is 6.29 Å². The molecule has 0 saturated carbocycles. The number of methoxy groups -OCH3 is 1. The van der Waals surface area contributed by atoms with Gasteiger partial charge in [0.15, 0.2) is 0 Å². The summed E-state index contributed by atoms with van der Waals surface area (Å²) in [5.74, 6) is 0. The van der Waals surface area contributed by atoms with Crippen molar-refractivity contribution in [2.24, 2.45) is 0 Å². The molecular weight excluding hydrogens is 212 g/mol. The Bertz CT molecular complexity index is 328. The third kappa shape index (κ3) is 2.06. The molecule has 0 fully saturated rings. The molecule has 1 unspecified atom stereocenters. The van der Waals surface area contributed by atoms with Crippen LogP contribution in [-0.4, -0.2) is 28.1 Å². The van der Waals surface area contributed by atoms with Crippen molar-refractivity contribution in [2.45, 2.75) is 39.3 Å². The van der Waals surface area contributed by atoms with E-state index in [0.717, 1.165) is 18.8 Å². The van der Waals surface area contributed by atoms with Crippen molar-refractivity contribution in [1.29, 1.82) is 0 Å². The molecule has 84 valence electrons. The van der Waals surface area contributed by atoms with Gasteiger partial charge in [0.1, 0.15) is 5.01 Å². The number of thiazole rings is 1. The molecule has 1 N–H and O–H groups in total. The van der Waals surface area contributed by atoms with Crippen molar-refractivity contribution in [3.63, 3.8) is 0 Å². The van der Waals surface area contributed by atoms with E-state index >= 15 is 0 Å². The molecular formula is C10H16N2O2S. The monoisotopic (exact) mass is 228 g/mol. The van der Waals surface area contributed by atoms with Gasteiger partial charge in [0.05, 0.1) is 5.69 Å². The zero-order valence-corrected chi connectivity index (χ0v) is 10.0. The Kier molecular flexibility index (Phi) is 3.06. The van der Waals surface area contributed by atoms with E-state index in [1.54, 1.807) is 11.3 Å². The molecule has 1 atom stereocenters. The first-order chi connectivity index (χ1) is 7.11. The van der Waals surface area contributed by atoms with E-state index in [-0.39, 0.29) is 0 Å². The summed E-state index contributed by atoms with van der Waals surface area (Å²) in [5, 5.41) is 10.1. The van der Waals surface area contributed by atoms with Crippen molar-refractivity contribution in [3.05, 3.63) is 15.6 Å². The maximum absolute atomic E-state index is 9.47. The van der Waals surface area contributed by atoms with Crippen molar-refractivity contribution in [2.75, 3.05) is 7.11 Å². The van der Waals surface area contributed by atoms with E-state index in [4.69, 9.17) is 4.74 Å². The van der Waals surface area contributed by atoms with Crippen LogP contribution < -0.4 is 0 Å². The lowest BCUT2D eigenvalue weighted by Gasteiger charge is -2.19. The Morgan fingerprint density at radius 1 is 1.47 bits per heavy atom. The van der Waals surface area contributed by atoms with Gasteiger partial charge in [-0.05, 0) is 13.8 Å². The van der Waals surface area contributed by atoms with E-state index in [1.807, 2.05) is 0 Å². The number of nitrogens with zero attached hydrogens (tertiary/aromatic N) is 2. The average Bonchev–Trinajstić information content (AvgIpc) is 2.72. The number of fused-ring (bicyclic) bond motifs is 1. The molecule has 0 amide bonds. The van der Waals surface area contributed by atoms with Crippen LogP contribution in [0, 0.1) is 0 Å². The Hall–Kier alpha value is -0.490. The number of aliphatic hydroxyl groups excluding tert-OH is 1. The average molecular weight is 228 g/mol. The van der Waals surface area contributed by atoms with Crippen LogP contribution in [0.15, 0.2) is 0 Å². The maximum atomic E-state index is 9.47. The summed E-state index contributed by atoms with van der Waals surface area (Å²) in [4.78, 5) is 8.01. The second-order valence-electron chi connectivity index (χ2n) is 4.01.